The molecule has 0 bridgehead atoms. The van der Waals surface area contributed by atoms with Crippen LogP contribution in [0.15, 0.2) is 60.7 Å². The summed E-state index contributed by atoms with van der Waals surface area (Å²) in [6, 6.07) is 21.3. The number of unbranched alkanes of at least 4 members (excludes halogenated alkanes) is 9. The Morgan fingerprint density at radius 1 is 0.306 bits per heavy atom. The van der Waals surface area contributed by atoms with Gasteiger partial charge in [-0.1, -0.05) is 112 Å². The van der Waals surface area contributed by atoms with Crippen molar-refractivity contribution < 1.29 is 0 Å². The van der Waals surface area contributed by atoms with Gasteiger partial charge in [0.05, 0.1) is 0 Å². The molecule has 0 saturated heterocycles. The van der Waals surface area contributed by atoms with Crippen LogP contribution in [0.2, 0.25) is 0 Å². The average molecular weight is 495 g/mol. The SMILES string of the molecule is c1ccc(CNCCCNCCCCCCCCCCCCNCCCNCc2ccccc2)cc1. The predicted octanol–water partition coefficient (Wildman–Crippen LogP) is 6.43. The zero-order valence-corrected chi connectivity index (χ0v) is 22.9. The molecule has 36 heavy (non-hydrogen) atoms. The summed E-state index contributed by atoms with van der Waals surface area (Å²) in [7, 11) is 0. The Morgan fingerprint density at radius 2 is 0.611 bits per heavy atom. The van der Waals surface area contributed by atoms with Crippen LogP contribution in [0.1, 0.15) is 88.2 Å². The molecular weight excluding hydrogens is 440 g/mol. The van der Waals surface area contributed by atoms with Gasteiger partial charge < -0.3 is 21.3 Å². The topological polar surface area (TPSA) is 48.1 Å². The summed E-state index contributed by atoms with van der Waals surface area (Å²) >= 11 is 0. The maximum Gasteiger partial charge on any atom is 0.0205 e. The summed E-state index contributed by atoms with van der Waals surface area (Å²) in [5.74, 6) is 0. The third kappa shape index (κ3) is 18.5. The van der Waals surface area contributed by atoms with E-state index in [2.05, 4.69) is 81.9 Å². The summed E-state index contributed by atoms with van der Waals surface area (Å²) < 4.78 is 0. The lowest BCUT2D eigenvalue weighted by atomic mass is 10.1. The molecule has 0 heterocycles. The first-order valence-corrected chi connectivity index (χ1v) is 14.9. The van der Waals surface area contributed by atoms with E-state index < -0.39 is 0 Å². The van der Waals surface area contributed by atoms with Crippen LogP contribution in [-0.2, 0) is 13.1 Å². The number of hydrogen-bond acceptors (Lipinski definition) is 4. The molecule has 0 aromatic heterocycles. The quantitative estimate of drug-likeness (QED) is 0.120. The molecule has 0 atom stereocenters. The Kier molecular flexibility index (Phi) is 20.1. The Hall–Kier alpha value is -1.72. The van der Waals surface area contributed by atoms with Crippen LogP contribution in [0.5, 0.6) is 0 Å². The van der Waals surface area contributed by atoms with Crippen molar-refractivity contribution in [2.75, 3.05) is 39.3 Å². The van der Waals surface area contributed by atoms with E-state index in [1.807, 2.05) is 0 Å². The van der Waals surface area contributed by atoms with Crippen LogP contribution in [0.3, 0.4) is 0 Å². The smallest absolute Gasteiger partial charge is 0.0205 e. The van der Waals surface area contributed by atoms with Crippen molar-refractivity contribution in [2.24, 2.45) is 0 Å². The Bertz CT molecular complexity index is 630. The molecule has 4 heteroatoms. The minimum absolute atomic E-state index is 0.979. The molecule has 0 amide bonds. The molecule has 0 unspecified atom stereocenters. The van der Waals surface area contributed by atoms with Crippen molar-refractivity contribution in [3.05, 3.63) is 71.8 Å². The first-order valence-electron chi connectivity index (χ1n) is 14.9. The van der Waals surface area contributed by atoms with Gasteiger partial charge in [0, 0.05) is 13.1 Å². The normalized spacial score (nSPS) is 11.2. The number of rotatable bonds is 25. The molecule has 202 valence electrons. The first-order chi connectivity index (χ1) is 17.9. The van der Waals surface area contributed by atoms with E-state index in [0.717, 1.165) is 39.3 Å². The van der Waals surface area contributed by atoms with Gasteiger partial charge >= 0.3 is 0 Å². The maximum absolute atomic E-state index is 3.59. The number of hydrogen-bond donors (Lipinski definition) is 4. The second-order valence-corrected chi connectivity index (χ2v) is 10.1. The van der Waals surface area contributed by atoms with Crippen molar-refractivity contribution in [1.82, 2.24) is 21.3 Å². The second-order valence-electron chi connectivity index (χ2n) is 10.1. The lowest BCUT2D eigenvalue weighted by molar-refractivity contribution is 0.525. The second kappa shape index (κ2) is 23.7. The van der Waals surface area contributed by atoms with E-state index in [1.54, 1.807) is 0 Å². The fourth-order valence-corrected chi connectivity index (χ4v) is 4.50. The fourth-order valence-electron chi connectivity index (χ4n) is 4.50. The van der Waals surface area contributed by atoms with Crippen molar-refractivity contribution in [3.63, 3.8) is 0 Å². The van der Waals surface area contributed by atoms with Gasteiger partial charge in [-0.15, -0.1) is 0 Å². The van der Waals surface area contributed by atoms with Crippen LogP contribution >= 0.6 is 0 Å². The van der Waals surface area contributed by atoms with Crippen LogP contribution < -0.4 is 21.3 Å². The van der Waals surface area contributed by atoms with Gasteiger partial charge in [-0.2, -0.15) is 0 Å². The van der Waals surface area contributed by atoms with Gasteiger partial charge in [-0.25, -0.2) is 0 Å². The molecule has 4 N–H and O–H groups in total. The van der Waals surface area contributed by atoms with Crippen LogP contribution in [0.4, 0.5) is 0 Å². The third-order valence-electron chi connectivity index (χ3n) is 6.72. The summed E-state index contributed by atoms with van der Waals surface area (Å²) in [6.07, 6.45) is 16.3. The molecule has 0 aliphatic carbocycles. The van der Waals surface area contributed by atoms with Crippen molar-refractivity contribution >= 4 is 0 Å². The number of benzene rings is 2. The summed E-state index contributed by atoms with van der Waals surface area (Å²) in [5, 5.41) is 14.2. The molecular formula is C32H54N4. The Labute approximate surface area is 222 Å². The Balaban J connectivity index is 1.18. The fraction of sp³-hybridized carbons (Fsp3) is 0.625. The van der Waals surface area contributed by atoms with Gasteiger partial charge in [-0.3, -0.25) is 0 Å². The summed E-state index contributed by atoms with van der Waals surface area (Å²) in [6.45, 7) is 8.75. The number of nitrogens with one attached hydrogen (secondary N) is 4. The lowest BCUT2D eigenvalue weighted by Gasteiger charge is -2.07. The molecule has 0 aliphatic heterocycles. The van der Waals surface area contributed by atoms with Gasteiger partial charge in [0.15, 0.2) is 0 Å². The standard InChI is InChI=1S/C32H54N4/c1(3-5-7-15-23-33-25-17-27-35-29-31-19-11-9-12-20-31)2-4-6-8-16-24-34-26-18-28-36-30-32-21-13-10-14-22-32/h9-14,19-22,33-36H,1-8,15-18,23-30H2. The third-order valence-corrected chi connectivity index (χ3v) is 6.72. The maximum atomic E-state index is 3.59. The molecule has 4 nitrogen and oxygen atoms in total. The highest BCUT2D eigenvalue weighted by atomic mass is 14.9. The van der Waals surface area contributed by atoms with Crippen LogP contribution in [0, 0.1) is 0 Å². The van der Waals surface area contributed by atoms with Gasteiger partial charge in [-0.05, 0) is 76.1 Å². The molecule has 0 spiro atoms. The molecule has 0 aliphatic rings. The lowest BCUT2D eigenvalue weighted by Crippen LogP contribution is -2.22. The summed E-state index contributed by atoms with van der Waals surface area (Å²) in [4.78, 5) is 0. The zero-order valence-electron chi connectivity index (χ0n) is 22.9. The molecule has 0 saturated carbocycles. The molecule has 2 aromatic carbocycles. The van der Waals surface area contributed by atoms with Crippen molar-refractivity contribution in [3.8, 4) is 0 Å². The van der Waals surface area contributed by atoms with E-state index in [-0.39, 0.29) is 0 Å². The highest BCUT2D eigenvalue weighted by Crippen LogP contribution is 2.10. The predicted molar refractivity (Wildman–Crippen MR) is 157 cm³/mol. The molecule has 2 aromatic rings. The average Bonchev–Trinajstić information content (AvgIpc) is 2.92. The highest BCUT2D eigenvalue weighted by molar-refractivity contribution is 5.14. The Morgan fingerprint density at radius 3 is 1.00 bits per heavy atom. The minimum Gasteiger partial charge on any atom is -0.317 e. The minimum atomic E-state index is 0.979. The zero-order chi connectivity index (χ0) is 25.2. The molecule has 0 fully saturated rings. The van der Waals surface area contributed by atoms with Gasteiger partial charge in [0.1, 0.15) is 0 Å². The van der Waals surface area contributed by atoms with E-state index in [9.17, 15) is 0 Å². The van der Waals surface area contributed by atoms with Crippen molar-refractivity contribution in [2.45, 2.75) is 90.1 Å². The highest BCUT2D eigenvalue weighted by Gasteiger charge is 1.96. The van der Waals surface area contributed by atoms with Crippen LogP contribution in [-0.4, -0.2) is 39.3 Å². The van der Waals surface area contributed by atoms with E-state index in [1.165, 1.54) is 101 Å². The largest absolute Gasteiger partial charge is 0.317 e. The van der Waals surface area contributed by atoms with E-state index in [0.29, 0.717) is 0 Å². The van der Waals surface area contributed by atoms with E-state index >= 15 is 0 Å². The monoisotopic (exact) mass is 494 g/mol. The van der Waals surface area contributed by atoms with Crippen molar-refractivity contribution in [1.29, 1.82) is 0 Å². The van der Waals surface area contributed by atoms with Crippen LogP contribution in [0.25, 0.3) is 0 Å². The van der Waals surface area contributed by atoms with Gasteiger partial charge in [0.2, 0.25) is 0 Å². The van der Waals surface area contributed by atoms with E-state index in [4.69, 9.17) is 0 Å². The first kappa shape index (κ1) is 30.5. The van der Waals surface area contributed by atoms with Gasteiger partial charge in [0.25, 0.3) is 0 Å². The molecule has 2 rings (SSSR count). The molecule has 0 radical (unpaired) electrons. The summed E-state index contributed by atoms with van der Waals surface area (Å²) in [5.41, 5.74) is 2.74.